The van der Waals surface area contributed by atoms with Crippen LogP contribution in [-0.2, 0) is 6.42 Å². The lowest BCUT2D eigenvalue weighted by atomic mass is 10.0. The van der Waals surface area contributed by atoms with Crippen LogP contribution in [0.5, 0.6) is 0 Å². The quantitative estimate of drug-likeness (QED) is 0.746. The standard InChI is InChI=1S/C16H16N2OS/c17-15-14(16(19)18-7-3-4-8-18)13-11-6-2-1-5-10(11)9-12(13)20-15/h1-2,5-6H,3-4,7-9,17H2. The highest BCUT2D eigenvalue weighted by Crippen LogP contribution is 2.46. The van der Waals surface area contributed by atoms with Crippen LogP contribution in [0.3, 0.4) is 0 Å². The number of likely N-dealkylation sites (tertiary alicyclic amines) is 1. The first kappa shape index (κ1) is 12.0. The molecular weight excluding hydrogens is 268 g/mol. The fraction of sp³-hybridized carbons (Fsp3) is 0.312. The number of carbonyl (C=O) groups excluding carboxylic acids is 1. The molecule has 1 aliphatic heterocycles. The molecule has 1 fully saturated rings. The first-order chi connectivity index (χ1) is 9.75. The van der Waals surface area contributed by atoms with Crippen LogP contribution < -0.4 is 5.73 Å². The second-order valence-corrected chi connectivity index (χ2v) is 6.61. The average molecular weight is 284 g/mol. The Morgan fingerprint density at radius 1 is 1.20 bits per heavy atom. The molecule has 2 aromatic rings. The van der Waals surface area contributed by atoms with Crippen LogP contribution >= 0.6 is 11.3 Å². The number of fused-ring (bicyclic) bond motifs is 3. The zero-order valence-corrected chi connectivity index (χ0v) is 12.0. The molecule has 1 amide bonds. The Morgan fingerprint density at radius 2 is 1.95 bits per heavy atom. The number of hydrogen-bond acceptors (Lipinski definition) is 3. The van der Waals surface area contributed by atoms with Crippen molar-refractivity contribution >= 4 is 22.2 Å². The van der Waals surface area contributed by atoms with E-state index in [9.17, 15) is 4.79 Å². The second-order valence-electron chi connectivity index (χ2n) is 5.47. The highest BCUT2D eigenvalue weighted by molar-refractivity contribution is 7.17. The number of thiophene rings is 1. The van der Waals surface area contributed by atoms with E-state index < -0.39 is 0 Å². The molecule has 2 aliphatic rings. The number of nitrogens with two attached hydrogens (primary N) is 1. The van der Waals surface area contributed by atoms with Crippen LogP contribution in [-0.4, -0.2) is 23.9 Å². The van der Waals surface area contributed by atoms with E-state index in [4.69, 9.17) is 5.73 Å². The molecule has 1 aromatic heterocycles. The van der Waals surface area contributed by atoms with Gasteiger partial charge >= 0.3 is 0 Å². The van der Waals surface area contributed by atoms with Gasteiger partial charge in [0, 0.05) is 30.0 Å². The minimum atomic E-state index is 0.120. The van der Waals surface area contributed by atoms with Crippen LogP contribution in [0, 0.1) is 0 Å². The molecule has 1 saturated heterocycles. The Balaban J connectivity index is 1.85. The van der Waals surface area contributed by atoms with E-state index in [1.54, 1.807) is 11.3 Å². The van der Waals surface area contributed by atoms with Crippen LogP contribution in [0.4, 0.5) is 5.00 Å². The van der Waals surface area contributed by atoms with E-state index in [1.807, 2.05) is 11.0 Å². The van der Waals surface area contributed by atoms with Gasteiger partial charge in [-0.3, -0.25) is 4.79 Å². The van der Waals surface area contributed by atoms with Crippen LogP contribution in [0.15, 0.2) is 24.3 Å². The zero-order chi connectivity index (χ0) is 13.7. The zero-order valence-electron chi connectivity index (χ0n) is 11.2. The van der Waals surface area contributed by atoms with Gasteiger partial charge in [-0.15, -0.1) is 11.3 Å². The molecule has 0 radical (unpaired) electrons. The third-order valence-electron chi connectivity index (χ3n) is 4.25. The summed E-state index contributed by atoms with van der Waals surface area (Å²) in [5.74, 6) is 0.120. The van der Waals surface area contributed by atoms with Crippen LogP contribution in [0.2, 0.25) is 0 Å². The minimum Gasteiger partial charge on any atom is -0.390 e. The maximum atomic E-state index is 12.8. The normalized spacial score (nSPS) is 16.3. The van der Waals surface area contributed by atoms with Crippen molar-refractivity contribution in [2.75, 3.05) is 18.8 Å². The van der Waals surface area contributed by atoms with Crippen LogP contribution in [0.1, 0.15) is 33.6 Å². The Hall–Kier alpha value is -1.81. The van der Waals surface area contributed by atoms with Crippen molar-refractivity contribution in [3.8, 4) is 11.1 Å². The SMILES string of the molecule is Nc1sc2c(c1C(=O)N1CCCC1)-c1ccccc1C2. The minimum absolute atomic E-state index is 0.120. The molecule has 1 aromatic carbocycles. The van der Waals surface area contributed by atoms with E-state index in [0.29, 0.717) is 5.00 Å². The Labute approximate surface area is 122 Å². The number of rotatable bonds is 1. The predicted molar refractivity (Wildman–Crippen MR) is 82.1 cm³/mol. The van der Waals surface area contributed by atoms with Gasteiger partial charge in [0.15, 0.2) is 0 Å². The van der Waals surface area contributed by atoms with Gasteiger partial charge in [0.1, 0.15) is 0 Å². The van der Waals surface area contributed by atoms with Crippen molar-refractivity contribution in [3.05, 3.63) is 40.3 Å². The molecule has 0 atom stereocenters. The van der Waals surface area contributed by atoms with Gasteiger partial charge < -0.3 is 10.6 Å². The maximum Gasteiger partial charge on any atom is 0.257 e. The summed E-state index contributed by atoms with van der Waals surface area (Å²) in [6.45, 7) is 1.73. The fourth-order valence-corrected chi connectivity index (χ4v) is 4.39. The van der Waals surface area contributed by atoms with Gasteiger partial charge in [0.25, 0.3) is 5.91 Å². The molecular formula is C16H16N2OS. The van der Waals surface area contributed by atoms with Gasteiger partial charge in [0.2, 0.25) is 0 Å². The topological polar surface area (TPSA) is 46.3 Å². The number of benzene rings is 1. The number of anilines is 1. The Kier molecular flexibility index (Phi) is 2.60. The molecule has 2 heterocycles. The first-order valence-corrected chi connectivity index (χ1v) is 7.86. The molecule has 0 bridgehead atoms. The van der Waals surface area contributed by atoms with Gasteiger partial charge in [-0.05, 0) is 24.0 Å². The van der Waals surface area contributed by atoms with Crippen LogP contribution in [0.25, 0.3) is 11.1 Å². The lowest BCUT2D eigenvalue weighted by Crippen LogP contribution is -2.28. The summed E-state index contributed by atoms with van der Waals surface area (Å²) in [6.07, 6.45) is 3.12. The number of carbonyl (C=O) groups is 1. The maximum absolute atomic E-state index is 12.8. The van der Waals surface area contributed by atoms with E-state index in [2.05, 4.69) is 18.2 Å². The summed E-state index contributed by atoms with van der Waals surface area (Å²) >= 11 is 1.58. The summed E-state index contributed by atoms with van der Waals surface area (Å²) in [5, 5.41) is 0.682. The van der Waals surface area contributed by atoms with Gasteiger partial charge in [-0.1, -0.05) is 24.3 Å². The van der Waals surface area contributed by atoms with Gasteiger partial charge in [-0.2, -0.15) is 0 Å². The van der Waals surface area contributed by atoms with Gasteiger partial charge in [0.05, 0.1) is 10.6 Å². The molecule has 0 saturated carbocycles. The molecule has 4 rings (SSSR count). The highest BCUT2D eigenvalue weighted by Gasteiger charge is 2.32. The molecule has 4 heteroatoms. The van der Waals surface area contributed by atoms with E-state index in [1.165, 1.54) is 16.0 Å². The molecule has 0 unspecified atom stereocenters. The molecule has 102 valence electrons. The predicted octanol–water partition coefficient (Wildman–Crippen LogP) is 3.14. The summed E-state index contributed by atoms with van der Waals surface area (Å²) in [7, 11) is 0. The second kappa shape index (κ2) is 4.35. The number of amides is 1. The number of hydrogen-bond donors (Lipinski definition) is 1. The average Bonchev–Trinajstić information content (AvgIpc) is 3.12. The lowest BCUT2D eigenvalue weighted by Gasteiger charge is -2.16. The third-order valence-corrected chi connectivity index (χ3v) is 5.27. The number of nitrogen functional groups attached to an aromatic ring is 1. The van der Waals surface area contributed by atoms with Crippen molar-refractivity contribution in [2.45, 2.75) is 19.3 Å². The molecule has 1 aliphatic carbocycles. The molecule has 20 heavy (non-hydrogen) atoms. The summed E-state index contributed by atoms with van der Waals surface area (Å²) in [5.41, 5.74) is 10.5. The lowest BCUT2D eigenvalue weighted by molar-refractivity contribution is 0.0795. The van der Waals surface area contributed by atoms with Gasteiger partial charge in [-0.25, -0.2) is 0 Å². The smallest absolute Gasteiger partial charge is 0.257 e. The monoisotopic (exact) mass is 284 g/mol. The van der Waals surface area contributed by atoms with Crippen molar-refractivity contribution in [1.29, 1.82) is 0 Å². The van der Waals surface area contributed by atoms with E-state index in [0.717, 1.165) is 43.5 Å². The summed E-state index contributed by atoms with van der Waals surface area (Å²) < 4.78 is 0. The third kappa shape index (κ3) is 1.61. The first-order valence-electron chi connectivity index (χ1n) is 7.04. The van der Waals surface area contributed by atoms with Crippen molar-refractivity contribution in [1.82, 2.24) is 4.90 Å². The van der Waals surface area contributed by atoms with Crippen molar-refractivity contribution < 1.29 is 4.79 Å². The van der Waals surface area contributed by atoms with E-state index in [-0.39, 0.29) is 5.91 Å². The molecule has 3 nitrogen and oxygen atoms in total. The molecule has 0 spiro atoms. The molecule has 2 N–H and O–H groups in total. The Morgan fingerprint density at radius 3 is 2.75 bits per heavy atom. The van der Waals surface area contributed by atoms with Crippen molar-refractivity contribution in [3.63, 3.8) is 0 Å². The largest absolute Gasteiger partial charge is 0.390 e. The van der Waals surface area contributed by atoms with E-state index >= 15 is 0 Å². The Bertz CT molecular complexity index is 698. The van der Waals surface area contributed by atoms with Crippen molar-refractivity contribution in [2.24, 2.45) is 0 Å². The summed E-state index contributed by atoms with van der Waals surface area (Å²) in [4.78, 5) is 15.9. The highest BCUT2D eigenvalue weighted by atomic mass is 32.1. The summed E-state index contributed by atoms with van der Waals surface area (Å²) in [6, 6.07) is 8.34. The number of nitrogens with zero attached hydrogens (tertiary/aromatic N) is 1. The fourth-order valence-electron chi connectivity index (χ4n) is 3.29.